The van der Waals surface area contributed by atoms with Crippen LogP contribution in [-0.2, 0) is 11.0 Å². The Balaban J connectivity index is 2.39. The first kappa shape index (κ1) is 17.6. The van der Waals surface area contributed by atoms with Gasteiger partial charge in [0.1, 0.15) is 0 Å². The van der Waals surface area contributed by atoms with Crippen molar-refractivity contribution in [1.82, 2.24) is 0 Å². The van der Waals surface area contributed by atoms with Crippen molar-refractivity contribution in [3.05, 3.63) is 64.5 Å². The van der Waals surface area contributed by atoms with E-state index >= 15 is 0 Å². The fraction of sp³-hybridized carbons (Fsp3) is 0.250. The van der Waals surface area contributed by atoms with E-state index in [1.807, 2.05) is 19.1 Å². The molecule has 124 valence electrons. The molecule has 1 nitrogen and oxygen atoms in total. The molecule has 0 unspecified atom stereocenters. The molecule has 0 aliphatic rings. The number of hydrogen-bond acceptors (Lipinski definition) is 1. The van der Waals surface area contributed by atoms with E-state index in [1.165, 1.54) is 13.1 Å². The molecule has 0 aliphatic heterocycles. The molecule has 0 saturated heterocycles. The van der Waals surface area contributed by atoms with Crippen LogP contribution in [0.3, 0.4) is 0 Å². The molecule has 0 bridgehead atoms. The third kappa shape index (κ3) is 3.30. The van der Waals surface area contributed by atoms with E-state index in [0.717, 1.165) is 11.1 Å². The summed E-state index contributed by atoms with van der Waals surface area (Å²) in [6.45, 7) is 4.66. The van der Waals surface area contributed by atoms with Crippen LogP contribution in [0.2, 0.25) is 13.1 Å². The summed E-state index contributed by atoms with van der Waals surface area (Å²) in [6, 6.07) is 7.22. The summed E-state index contributed by atoms with van der Waals surface area (Å²) in [5.41, 5.74) is 1.70. The van der Waals surface area contributed by atoms with Gasteiger partial charge in [-0.15, -0.1) is 0 Å². The van der Waals surface area contributed by atoms with E-state index in [9.17, 15) is 22.0 Å². The summed E-state index contributed by atoms with van der Waals surface area (Å²) < 4.78 is 73.3. The monoisotopic (exact) mass is 346 g/mol. The Kier molecular flexibility index (Phi) is 4.91. The zero-order valence-corrected chi connectivity index (χ0v) is 13.8. The summed E-state index contributed by atoms with van der Waals surface area (Å²) in [5.74, 6) is -9.68. The van der Waals surface area contributed by atoms with Crippen molar-refractivity contribution < 1.29 is 26.4 Å². The fourth-order valence-electron chi connectivity index (χ4n) is 2.24. The molecular formula is C16H15F5OSi. The van der Waals surface area contributed by atoms with Gasteiger partial charge in [0.25, 0.3) is 0 Å². The highest BCUT2D eigenvalue weighted by molar-refractivity contribution is 6.84. The zero-order valence-electron chi connectivity index (χ0n) is 12.8. The van der Waals surface area contributed by atoms with E-state index in [2.05, 4.69) is 0 Å². The summed E-state index contributed by atoms with van der Waals surface area (Å²) in [6.07, 6.45) is 0. The van der Waals surface area contributed by atoms with Gasteiger partial charge in [-0.2, -0.15) is 0 Å². The lowest BCUT2D eigenvalue weighted by Gasteiger charge is -2.25. The maximum Gasteiger partial charge on any atom is 0.225 e. The van der Waals surface area contributed by atoms with Gasteiger partial charge >= 0.3 is 0 Å². The molecule has 0 spiro atoms. The fourth-order valence-corrected chi connectivity index (χ4v) is 4.17. The second-order valence-corrected chi connectivity index (χ2v) is 9.48. The van der Waals surface area contributed by atoms with Gasteiger partial charge in [0, 0.05) is 5.19 Å². The molecule has 0 amide bonds. The molecule has 2 aromatic carbocycles. The van der Waals surface area contributed by atoms with Crippen molar-refractivity contribution in [3.63, 3.8) is 0 Å². The first-order valence-corrected chi connectivity index (χ1v) is 9.78. The first-order valence-electron chi connectivity index (χ1n) is 6.87. The largest absolute Gasteiger partial charge is 0.408 e. The lowest BCUT2D eigenvalue weighted by molar-refractivity contribution is 0.299. The Morgan fingerprint density at radius 1 is 0.826 bits per heavy atom. The Hall–Kier alpha value is -1.73. The van der Waals surface area contributed by atoms with Gasteiger partial charge in [-0.3, -0.25) is 0 Å². The Morgan fingerprint density at radius 3 is 1.83 bits per heavy atom. The number of halogens is 5. The SMILES string of the molecule is Cc1ccccc1CO[Si](C)(C)c1c(F)c(F)c(F)c(F)c1F. The smallest absolute Gasteiger partial charge is 0.225 e. The summed E-state index contributed by atoms with van der Waals surface area (Å²) >= 11 is 0. The Labute approximate surface area is 131 Å². The lowest BCUT2D eigenvalue weighted by atomic mass is 10.1. The first-order chi connectivity index (χ1) is 10.7. The topological polar surface area (TPSA) is 9.23 Å². The van der Waals surface area contributed by atoms with Crippen molar-refractivity contribution in [1.29, 1.82) is 0 Å². The molecule has 2 aromatic rings. The molecule has 0 N–H and O–H groups in total. The molecular weight excluding hydrogens is 331 g/mol. The maximum atomic E-state index is 13.9. The van der Waals surface area contributed by atoms with Crippen molar-refractivity contribution in [2.24, 2.45) is 0 Å². The van der Waals surface area contributed by atoms with E-state index < -0.39 is 42.6 Å². The number of benzene rings is 2. The number of hydrogen-bond donors (Lipinski definition) is 0. The summed E-state index contributed by atoms with van der Waals surface area (Å²) in [7, 11) is -3.36. The standard InChI is InChI=1S/C16H15F5OSi/c1-9-6-4-5-7-10(9)8-22-23(2,3)16-14(20)12(18)11(17)13(19)15(16)21/h4-7H,8H2,1-3H3. The van der Waals surface area contributed by atoms with Crippen LogP contribution in [0.4, 0.5) is 22.0 Å². The minimum atomic E-state index is -3.36. The Morgan fingerprint density at radius 2 is 1.30 bits per heavy atom. The quantitative estimate of drug-likeness (QED) is 0.347. The molecule has 0 saturated carbocycles. The number of aryl methyl sites for hydroxylation is 1. The van der Waals surface area contributed by atoms with Crippen molar-refractivity contribution in [2.45, 2.75) is 26.6 Å². The molecule has 0 aliphatic carbocycles. The van der Waals surface area contributed by atoms with E-state index in [-0.39, 0.29) is 6.61 Å². The average Bonchev–Trinajstić information content (AvgIpc) is 2.50. The molecule has 0 atom stereocenters. The van der Waals surface area contributed by atoms with Crippen molar-refractivity contribution in [2.75, 3.05) is 0 Å². The van der Waals surface area contributed by atoms with E-state index in [4.69, 9.17) is 4.43 Å². The summed E-state index contributed by atoms with van der Waals surface area (Å²) in [5, 5.41) is -0.845. The second kappa shape index (κ2) is 6.41. The molecule has 23 heavy (non-hydrogen) atoms. The highest BCUT2D eigenvalue weighted by Crippen LogP contribution is 2.21. The predicted octanol–water partition coefficient (Wildman–Crippen LogP) is 4.32. The summed E-state index contributed by atoms with van der Waals surface area (Å²) in [4.78, 5) is 0. The molecule has 0 aromatic heterocycles. The van der Waals surface area contributed by atoms with Crippen LogP contribution < -0.4 is 5.19 Å². The highest BCUT2D eigenvalue weighted by atomic mass is 28.4. The molecule has 7 heteroatoms. The van der Waals surface area contributed by atoms with Crippen molar-refractivity contribution in [3.8, 4) is 0 Å². The van der Waals surface area contributed by atoms with Gasteiger partial charge < -0.3 is 4.43 Å². The van der Waals surface area contributed by atoms with E-state index in [0.29, 0.717) is 0 Å². The Bertz CT molecular complexity index is 716. The third-order valence-corrected chi connectivity index (χ3v) is 6.17. The van der Waals surface area contributed by atoms with Crippen LogP contribution in [0.25, 0.3) is 0 Å². The van der Waals surface area contributed by atoms with Gasteiger partial charge in [-0.05, 0) is 31.1 Å². The zero-order chi connectivity index (χ0) is 17.4. The molecule has 0 fully saturated rings. The average molecular weight is 346 g/mol. The van der Waals surface area contributed by atoms with Gasteiger partial charge in [0.2, 0.25) is 14.1 Å². The predicted molar refractivity (Wildman–Crippen MR) is 79.3 cm³/mol. The van der Waals surface area contributed by atoms with Gasteiger partial charge in [0.15, 0.2) is 23.3 Å². The van der Waals surface area contributed by atoms with Crippen LogP contribution in [0.1, 0.15) is 11.1 Å². The maximum absolute atomic E-state index is 13.9. The molecule has 0 heterocycles. The van der Waals surface area contributed by atoms with Gasteiger partial charge in [-0.1, -0.05) is 24.3 Å². The van der Waals surface area contributed by atoms with Gasteiger partial charge in [-0.25, -0.2) is 22.0 Å². The van der Waals surface area contributed by atoms with Crippen LogP contribution in [0.15, 0.2) is 24.3 Å². The molecule has 2 rings (SSSR count). The highest BCUT2D eigenvalue weighted by Gasteiger charge is 2.38. The van der Waals surface area contributed by atoms with Crippen LogP contribution in [0, 0.1) is 36.0 Å². The minimum Gasteiger partial charge on any atom is -0.408 e. The van der Waals surface area contributed by atoms with Crippen molar-refractivity contribution >= 4 is 13.5 Å². The minimum absolute atomic E-state index is 0.0331. The molecule has 0 radical (unpaired) electrons. The van der Waals surface area contributed by atoms with Crippen LogP contribution in [-0.4, -0.2) is 8.32 Å². The number of rotatable bonds is 4. The van der Waals surface area contributed by atoms with E-state index in [1.54, 1.807) is 12.1 Å². The normalized spacial score (nSPS) is 11.8. The third-order valence-electron chi connectivity index (χ3n) is 3.66. The lowest BCUT2D eigenvalue weighted by Crippen LogP contribution is -2.49. The second-order valence-electron chi connectivity index (χ2n) is 5.67. The van der Waals surface area contributed by atoms with Crippen LogP contribution in [0.5, 0.6) is 0 Å². The van der Waals surface area contributed by atoms with Gasteiger partial charge in [0.05, 0.1) is 6.61 Å². The van der Waals surface area contributed by atoms with Crippen LogP contribution >= 0.6 is 0 Å².